The van der Waals surface area contributed by atoms with Gasteiger partial charge in [0, 0.05) is 19.5 Å². The molecule has 6 nitrogen and oxygen atoms in total. The fourth-order valence-corrected chi connectivity index (χ4v) is 4.63. The second-order valence-electron chi connectivity index (χ2n) is 7.40. The van der Waals surface area contributed by atoms with Crippen molar-refractivity contribution in [1.82, 2.24) is 4.98 Å². The van der Waals surface area contributed by atoms with Crippen molar-refractivity contribution < 1.29 is 17.6 Å². The molecule has 0 aliphatic carbocycles. The third-order valence-corrected chi connectivity index (χ3v) is 6.39. The number of anilines is 1. The lowest BCUT2D eigenvalue weighted by Gasteiger charge is -2.20. The van der Waals surface area contributed by atoms with Crippen molar-refractivity contribution in [2.45, 2.75) is 55.9 Å². The number of hydrogen-bond acceptors (Lipinski definition) is 6. The number of rotatable bonds is 6. The van der Waals surface area contributed by atoms with Crippen LogP contribution >= 0.6 is 0 Å². The van der Waals surface area contributed by atoms with Gasteiger partial charge in [0.05, 0.1) is 12.0 Å². The normalized spacial score (nSPS) is 15.8. The number of methoxy groups -OCH3 is 1. The van der Waals surface area contributed by atoms with Crippen molar-refractivity contribution in [2.24, 2.45) is 5.92 Å². The van der Waals surface area contributed by atoms with Gasteiger partial charge in [0.25, 0.3) is 0 Å². The molecule has 0 N–H and O–H groups in total. The van der Waals surface area contributed by atoms with Gasteiger partial charge >= 0.3 is 0 Å². The van der Waals surface area contributed by atoms with Gasteiger partial charge in [-0.2, -0.15) is 4.98 Å². The molecular formula is C20H28N2O4S. The zero-order valence-corrected chi connectivity index (χ0v) is 17.1. The topological polar surface area (TPSA) is 72.6 Å². The predicted molar refractivity (Wildman–Crippen MR) is 104 cm³/mol. The monoisotopic (exact) mass is 392 g/mol. The van der Waals surface area contributed by atoms with E-state index in [2.05, 4.69) is 18.8 Å². The Morgan fingerprint density at radius 1 is 1.11 bits per heavy atom. The average molecular weight is 393 g/mol. The van der Waals surface area contributed by atoms with Gasteiger partial charge in [-0.1, -0.05) is 26.7 Å². The minimum absolute atomic E-state index is 0.0326. The van der Waals surface area contributed by atoms with Gasteiger partial charge < -0.3 is 14.1 Å². The Labute approximate surface area is 161 Å². The third kappa shape index (κ3) is 4.46. The van der Waals surface area contributed by atoms with Crippen LogP contribution in [0.4, 0.5) is 5.88 Å². The van der Waals surface area contributed by atoms with E-state index in [1.165, 1.54) is 0 Å². The maximum Gasteiger partial charge on any atom is 0.236 e. The summed E-state index contributed by atoms with van der Waals surface area (Å²) in [6.45, 7) is 5.71. The summed E-state index contributed by atoms with van der Waals surface area (Å²) in [6.07, 6.45) is 4.98. The Morgan fingerprint density at radius 3 is 2.30 bits per heavy atom. The third-order valence-electron chi connectivity index (χ3n) is 4.72. The SMILES string of the molecule is COc1ccc(S(=O)(=O)c2nc(CC(C)C)oc2N2CCCCCC2)cc1. The summed E-state index contributed by atoms with van der Waals surface area (Å²) in [7, 11) is -2.22. The van der Waals surface area contributed by atoms with Gasteiger partial charge in [-0.25, -0.2) is 8.42 Å². The standard InChI is InChI=1S/C20H28N2O4S/c1-15(2)14-18-21-19(20(26-18)22-12-6-4-5-7-13-22)27(23,24)17-10-8-16(25-3)9-11-17/h8-11,15H,4-7,12-14H2,1-3H3. The summed E-state index contributed by atoms with van der Waals surface area (Å²) >= 11 is 0. The number of ether oxygens (including phenoxy) is 1. The predicted octanol–water partition coefficient (Wildman–Crippen LogP) is 4.09. The second-order valence-corrected chi connectivity index (χ2v) is 9.26. The summed E-state index contributed by atoms with van der Waals surface area (Å²) in [5.41, 5.74) is 0. The molecule has 1 fully saturated rings. The van der Waals surface area contributed by atoms with E-state index in [0.29, 0.717) is 29.9 Å². The lowest BCUT2D eigenvalue weighted by Crippen LogP contribution is -2.25. The fraction of sp³-hybridized carbons (Fsp3) is 0.550. The maximum atomic E-state index is 13.3. The first-order valence-corrected chi connectivity index (χ1v) is 11.0. The minimum atomic E-state index is -3.77. The highest BCUT2D eigenvalue weighted by atomic mass is 32.2. The van der Waals surface area contributed by atoms with Crippen LogP contribution in [0, 0.1) is 5.92 Å². The number of sulfone groups is 1. The fourth-order valence-electron chi connectivity index (χ4n) is 3.29. The summed E-state index contributed by atoms with van der Waals surface area (Å²) in [5, 5.41) is 0.0326. The van der Waals surface area contributed by atoms with Gasteiger partial charge in [0.2, 0.25) is 20.7 Å². The van der Waals surface area contributed by atoms with Crippen LogP contribution < -0.4 is 9.64 Å². The van der Waals surface area contributed by atoms with Crippen LogP contribution in [-0.4, -0.2) is 33.6 Å². The molecule has 1 aliphatic rings. The molecule has 0 bridgehead atoms. The van der Waals surface area contributed by atoms with Crippen LogP contribution in [0.2, 0.25) is 0 Å². The number of nitrogens with zero attached hydrogens (tertiary/aromatic N) is 2. The molecule has 148 valence electrons. The highest BCUT2D eigenvalue weighted by molar-refractivity contribution is 7.91. The molecule has 0 unspecified atom stereocenters. The molecule has 1 aromatic heterocycles. The van der Waals surface area contributed by atoms with Crippen LogP contribution in [0.3, 0.4) is 0 Å². The van der Waals surface area contributed by atoms with E-state index < -0.39 is 9.84 Å². The van der Waals surface area contributed by atoms with Gasteiger partial charge in [0.1, 0.15) is 5.75 Å². The molecule has 2 heterocycles. The summed E-state index contributed by atoms with van der Waals surface area (Å²) in [4.78, 5) is 6.66. The Hall–Kier alpha value is -2.02. The molecule has 2 aromatic rings. The van der Waals surface area contributed by atoms with E-state index in [1.807, 2.05) is 4.90 Å². The second kappa shape index (κ2) is 8.33. The molecule has 1 aliphatic heterocycles. The lowest BCUT2D eigenvalue weighted by molar-refractivity contribution is 0.414. The van der Waals surface area contributed by atoms with Gasteiger partial charge in [-0.05, 0) is 43.0 Å². The molecule has 0 amide bonds. The zero-order chi connectivity index (χ0) is 19.4. The molecule has 1 aromatic carbocycles. The molecule has 3 rings (SSSR count). The van der Waals surface area contributed by atoms with Crippen molar-refractivity contribution >= 4 is 15.7 Å². The molecule has 0 saturated carbocycles. The lowest BCUT2D eigenvalue weighted by atomic mass is 10.1. The van der Waals surface area contributed by atoms with Crippen molar-refractivity contribution in [2.75, 3.05) is 25.1 Å². The van der Waals surface area contributed by atoms with Crippen molar-refractivity contribution in [3.05, 3.63) is 30.2 Å². The van der Waals surface area contributed by atoms with E-state index in [0.717, 1.165) is 38.8 Å². The van der Waals surface area contributed by atoms with E-state index in [9.17, 15) is 8.42 Å². The first kappa shape index (κ1) is 19.7. The molecule has 0 radical (unpaired) electrons. The Balaban J connectivity index is 2.03. The maximum absolute atomic E-state index is 13.3. The van der Waals surface area contributed by atoms with E-state index in [4.69, 9.17) is 9.15 Å². The first-order valence-electron chi connectivity index (χ1n) is 9.55. The van der Waals surface area contributed by atoms with Gasteiger partial charge in [0.15, 0.2) is 5.89 Å². The van der Waals surface area contributed by atoms with Crippen molar-refractivity contribution in [1.29, 1.82) is 0 Å². The first-order chi connectivity index (χ1) is 12.9. The van der Waals surface area contributed by atoms with Crippen LogP contribution in [0.1, 0.15) is 45.4 Å². The quantitative estimate of drug-likeness (QED) is 0.737. The molecule has 27 heavy (non-hydrogen) atoms. The van der Waals surface area contributed by atoms with E-state index >= 15 is 0 Å². The number of benzene rings is 1. The Kier molecular flexibility index (Phi) is 6.09. The van der Waals surface area contributed by atoms with Crippen molar-refractivity contribution in [3.8, 4) is 5.75 Å². The molecular weight excluding hydrogens is 364 g/mol. The highest BCUT2D eigenvalue weighted by Crippen LogP contribution is 2.33. The minimum Gasteiger partial charge on any atom is -0.497 e. The molecule has 1 saturated heterocycles. The summed E-state index contributed by atoms with van der Waals surface area (Å²) in [5.74, 6) is 1.82. The van der Waals surface area contributed by atoms with Crippen LogP contribution in [-0.2, 0) is 16.3 Å². The van der Waals surface area contributed by atoms with Crippen molar-refractivity contribution in [3.63, 3.8) is 0 Å². The van der Waals surface area contributed by atoms with Gasteiger partial charge in [-0.3, -0.25) is 0 Å². The van der Waals surface area contributed by atoms with E-state index in [-0.39, 0.29) is 9.92 Å². The van der Waals surface area contributed by atoms with Gasteiger partial charge in [-0.15, -0.1) is 0 Å². The molecule has 0 spiro atoms. The number of aromatic nitrogens is 1. The van der Waals surface area contributed by atoms with Crippen LogP contribution in [0.25, 0.3) is 0 Å². The number of hydrogen-bond donors (Lipinski definition) is 0. The molecule has 7 heteroatoms. The highest BCUT2D eigenvalue weighted by Gasteiger charge is 2.31. The summed E-state index contributed by atoms with van der Waals surface area (Å²) < 4.78 is 37.7. The van der Waals surface area contributed by atoms with Crippen LogP contribution in [0.5, 0.6) is 5.75 Å². The Bertz CT molecular complexity index is 849. The smallest absolute Gasteiger partial charge is 0.236 e. The number of oxazole rings is 1. The summed E-state index contributed by atoms with van der Waals surface area (Å²) in [6, 6.07) is 6.40. The molecule has 0 atom stereocenters. The van der Waals surface area contributed by atoms with E-state index in [1.54, 1.807) is 31.4 Å². The van der Waals surface area contributed by atoms with Crippen LogP contribution in [0.15, 0.2) is 38.6 Å². The zero-order valence-electron chi connectivity index (χ0n) is 16.3. The average Bonchev–Trinajstić information content (AvgIpc) is 2.88. The largest absolute Gasteiger partial charge is 0.497 e. The Morgan fingerprint density at radius 2 is 1.74 bits per heavy atom.